The molecule has 16 heavy (non-hydrogen) atoms. The molecule has 0 unspecified atom stereocenters. The molecule has 0 aromatic heterocycles. The van der Waals surface area contributed by atoms with Crippen molar-refractivity contribution in [1.29, 1.82) is 0 Å². The number of methoxy groups -OCH3 is 1. The van der Waals surface area contributed by atoms with E-state index in [0.717, 1.165) is 36.8 Å². The number of rotatable bonds is 4. The first-order valence-electron chi connectivity index (χ1n) is 5.52. The molecule has 1 aliphatic heterocycles. The molecule has 1 aromatic rings. The maximum atomic E-state index is 5.60. The van der Waals surface area contributed by atoms with Crippen LogP contribution in [-0.2, 0) is 4.74 Å². The summed E-state index contributed by atoms with van der Waals surface area (Å²) in [6.07, 6.45) is 0.932. The van der Waals surface area contributed by atoms with Crippen molar-refractivity contribution in [3.05, 3.63) is 18.2 Å². The van der Waals surface area contributed by atoms with Crippen LogP contribution in [0.1, 0.15) is 6.42 Å². The SMILES string of the molecule is COCCNc1ccc2c(c1)OCCCO2. The summed E-state index contributed by atoms with van der Waals surface area (Å²) in [7, 11) is 1.69. The lowest BCUT2D eigenvalue weighted by atomic mass is 10.2. The third-order valence-electron chi connectivity index (χ3n) is 2.38. The fourth-order valence-corrected chi connectivity index (χ4v) is 1.57. The van der Waals surface area contributed by atoms with Crippen molar-refractivity contribution < 1.29 is 14.2 Å². The van der Waals surface area contributed by atoms with Gasteiger partial charge in [-0.1, -0.05) is 0 Å². The van der Waals surface area contributed by atoms with Crippen LogP contribution < -0.4 is 14.8 Å². The van der Waals surface area contributed by atoms with Gasteiger partial charge in [-0.3, -0.25) is 0 Å². The van der Waals surface area contributed by atoms with E-state index in [0.29, 0.717) is 13.2 Å². The molecule has 0 saturated carbocycles. The van der Waals surface area contributed by atoms with E-state index in [1.54, 1.807) is 7.11 Å². The quantitative estimate of drug-likeness (QED) is 0.791. The molecule has 0 atom stereocenters. The molecule has 0 fully saturated rings. The molecule has 0 aliphatic carbocycles. The van der Waals surface area contributed by atoms with Crippen LogP contribution in [0.5, 0.6) is 11.5 Å². The summed E-state index contributed by atoms with van der Waals surface area (Å²) >= 11 is 0. The molecule has 4 nitrogen and oxygen atoms in total. The van der Waals surface area contributed by atoms with Gasteiger partial charge in [0, 0.05) is 31.8 Å². The summed E-state index contributed by atoms with van der Waals surface area (Å²) in [5, 5.41) is 3.26. The number of ether oxygens (including phenoxy) is 3. The fourth-order valence-electron chi connectivity index (χ4n) is 1.57. The zero-order valence-corrected chi connectivity index (χ0v) is 9.49. The Balaban J connectivity index is 2.02. The number of benzene rings is 1. The second-order valence-electron chi connectivity index (χ2n) is 3.63. The highest BCUT2D eigenvalue weighted by atomic mass is 16.5. The van der Waals surface area contributed by atoms with Crippen molar-refractivity contribution in [2.45, 2.75) is 6.42 Å². The standard InChI is InChI=1S/C12H17NO3/c1-14-8-5-13-10-3-4-11-12(9-10)16-7-2-6-15-11/h3-4,9,13H,2,5-8H2,1H3. The van der Waals surface area contributed by atoms with Crippen LogP contribution in [0.3, 0.4) is 0 Å². The van der Waals surface area contributed by atoms with E-state index < -0.39 is 0 Å². The van der Waals surface area contributed by atoms with Crippen LogP contribution in [0.4, 0.5) is 5.69 Å². The monoisotopic (exact) mass is 223 g/mol. The van der Waals surface area contributed by atoms with Crippen molar-refractivity contribution in [3.8, 4) is 11.5 Å². The summed E-state index contributed by atoms with van der Waals surface area (Å²) in [6, 6.07) is 5.90. The van der Waals surface area contributed by atoms with Crippen molar-refractivity contribution >= 4 is 5.69 Å². The first-order chi connectivity index (χ1) is 7.90. The van der Waals surface area contributed by atoms with Crippen LogP contribution in [0.2, 0.25) is 0 Å². The van der Waals surface area contributed by atoms with Gasteiger partial charge in [-0.15, -0.1) is 0 Å². The van der Waals surface area contributed by atoms with Crippen molar-refractivity contribution in [2.24, 2.45) is 0 Å². The first kappa shape index (κ1) is 11.1. The lowest BCUT2D eigenvalue weighted by molar-refractivity contribution is 0.211. The highest BCUT2D eigenvalue weighted by Gasteiger charge is 2.10. The van der Waals surface area contributed by atoms with Gasteiger partial charge in [-0.2, -0.15) is 0 Å². The first-order valence-corrected chi connectivity index (χ1v) is 5.52. The summed E-state index contributed by atoms with van der Waals surface area (Å²) in [5.74, 6) is 1.65. The molecule has 1 heterocycles. The molecule has 0 radical (unpaired) electrons. The van der Waals surface area contributed by atoms with Crippen molar-refractivity contribution in [2.75, 3.05) is 38.8 Å². The van der Waals surface area contributed by atoms with Gasteiger partial charge in [-0.05, 0) is 12.1 Å². The Bertz CT molecular complexity index is 341. The van der Waals surface area contributed by atoms with Gasteiger partial charge >= 0.3 is 0 Å². The largest absolute Gasteiger partial charge is 0.490 e. The van der Waals surface area contributed by atoms with Crippen molar-refractivity contribution in [3.63, 3.8) is 0 Å². The Labute approximate surface area is 95.5 Å². The number of hydrogen-bond donors (Lipinski definition) is 1. The minimum atomic E-state index is 0.689. The normalized spacial score (nSPS) is 14.3. The topological polar surface area (TPSA) is 39.7 Å². The van der Waals surface area contributed by atoms with Crippen LogP contribution >= 0.6 is 0 Å². The molecular formula is C12H17NO3. The van der Waals surface area contributed by atoms with E-state index in [9.17, 15) is 0 Å². The van der Waals surface area contributed by atoms with Gasteiger partial charge in [-0.25, -0.2) is 0 Å². The van der Waals surface area contributed by atoms with E-state index in [-0.39, 0.29) is 0 Å². The Kier molecular flexibility index (Phi) is 3.88. The summed E-state index contributed by atoms with van der Waals surface area (Å²) < 4.78 is 16.1. The fraction of sp³-hybridized carbons (Fsp3) is 0.500. The molecule has 1 N–H and O–H groups in total. The van der Waals surface area contributed by atoms with Crippen LogP contribution in [0.15, 0.2) is 18.2 Å². The second kappa shape index (κ2) is 5.61. The minimum absolute atomic E-state index is 0.689. The van der Waals surface area contributed by atoms with Gasteiger partial charge in [0.05, 0.1) is 19.8 Å². The molecule has 0 amide bonds. The molecular weight excluding hydrogens is 206 g/mol. The van der Waals surface area contributed by atoms with Crippen LogP contribution in [0, 0.1) is 0 Å². The Morgan fingerprint density at radius 1 is 1.25 bits per heavy atom. The van der Waals surface area contributed by atoms with Gasteiger partial charge in [0.1, 0.15) is 0 Å². The second-order valence-corrected chi connectivity index (χ2v) is 3.63. The van der Waals surface area contributed by atoms with Crippen LogP contribution in [-0.4, -0.2) is 33.5 Å². The maximum Gasteiger partial charge on any atom is 0.163 e. The smallest absolute Gasteiger partial charge is 0.163 e. The number of anilines is 1. The zero-order chi connectivity index (χ0) is 11.2. The van der Waals surface area contributed by atoms with Gasteiger partial charge < -0.3 is 19.5 Å². The third kappa shape index (κ3) is 2.79. The molecule has 2 rings (SSSR count). The number of nitrogens with one attached hydrogen (secondary N) is 1. The molecule has 1 aliphatic rings. The summed E-state index contributed by atoms with van der Waals surface area (Å²) in [4.78, 5) is 0. The highest BCUT2D eigenvalue weighted by Crippen LogP contribution is 2.32. The van der Waals surface area contributed by atoms with Gasteiger partial charge in [0.25, 0.3) is 0 Å². The van der Waals surface area contributed by atoms with E-state index in [2.05, 4.69) is 5.32 Å². The summed E-state index contributed by atoms with van der Waals surface area (Å²) in [6.45, 7) is 2.92. The molecule has 1 aromatic carbocycles. The molecule has 0 bridgehead atoms. The highest BCUT2D eigenvalue weighted by molar-refractivity contribution is 5.54. The molecule has 88 valence electrons. The average Bonchev–Trinajstić information content (AvgIpc) is 2.54. The predicted octanol–water partition coefficient (Wildman–Crippen LogP) is 1.91. The van der Waals surface area contributed by atoms with Crippen LogP contribution in [0.25, 0.3) is 0 Å². The van der Waals surface area contributed by atoms with E-state index in [4.69, 9.17) is 14.2 Å². The number of hydrogen-bond acceptors (Lipinski definition) is 4. The Morgan fingerprint density at radius 3 is 2.88 bits per heavy atom. The number of fused-ring (bicyclic) bond motifs is 1. The Hall–Kier alpha value is -1.42. The molecule has 4 heteroatoms. The predicted molar refractivity (Wildman–Crippen MR) is 62.4 cm³/mol. The van der Waals surface area contributed by atoms with E-state index in [1.165, 1.54) is 0 Å². The minimum Gasteiger partial charge on any atom is -0.490 e. The van der Waals surface area contributed by atoms with E-state index in [1.807, 2.05) is 18.2 Å². The molecule has 0 saturated heterocycles. The Morgan fingerprint density at radius 2 is 2.06 bits per heavy atom. The summed E-state index contributed by atoms with van der Waals surface area (Å²) in [5.41, 5.74) is 1.03. The lowest BCUT2D eigenvalue weighted by Gasteiger charge is -2.10. The van der Waals surface area contributed by atoms with Gasteiger partial charge in [0.2, 0.25) is 0 Å². The molecule has 0 spiro atoms. The van der Waals surface area contributed by atoms with E-state index >= 15 is 0 Å². The zero-order valence-electron chi connectivity index (χ0n) is 9.49. The third-order valence-corrected chi connectivity index (χ3v) is 2.38. The average molecular weight is 223 g/mol. The van der Waals surface area contributed by atoms with Gasteiger partial charge in [0.15, 0.2) is 11.5 Å². The van der Waals surface area contributed by atoms with Crippen molar-refractivity contribution in [1.82, 2.24) is 0 Å². The maximum absolute atomic E-state index is 5.60. The lowest BCUT2D eigenvalue weighted by Crippen LogP contribution is -2.07.